The molecule has 0 unspecified atom stereocenters. The Bertz CT molecular complexity index is 650. The molecule has 1 fully saturated rings. The number of halogens is 1. The van der Waals surface area contributed by atoms with Crippen LogP contribution in [0.1, 0.15) is 12.8 Å². The zero-order valence-electron chi connectivity index (χ0n) is 11.4. The number of aryl methyl sites for hydroxylation is 1. The first-order chi connectivity index (χ1) is 9.60. The summed E-state index contributed by atoms with van der Waals surface area (Å²) >= 11 is 0. The molecule has 1 aromatic heterocycles. The first-order valence-corrected chi connectivity index (χ1v) is 6.42. The third kappa shape index (κ3) is 2.17. The molecular weight excluding hydrogens is 261 g/mol. The number of hydrogen-bond acceptors (Lipinski definition) is 4. The van der Waals surface area contributed by atoms with Crippen molar-refractivity contribution < 1.29 is 13.9 Å². The second-order valence-electron chi connectivity index (χ2n) is 4.87. The van der Waals surface area contributed by atoms with E-state index in [1.807, 2.05) is 0 Å². The molecule has 0 radical (unpaired) electrons. The van der Waals surface area contributed by atoms with E-state index in [1.54, 1.807) is 13.2 Å². The average Bonchev–Trinajstić information content (AvgIpc) is 3.18. The highest BCUT2D eigenvalue weighted by atomic mass is 19.1. The summed E-state index contributed by atoms with van der Waals surface area (Å²) in [6.45, 7) is 0. The fourth-order valence-corrected chi connectivity index (χ4v) is 2.05. The third-order valence-corrected chi connectivity index (χ3v) is 3.32. The van der Waals surface area contributed by atoms with Gasteiger partial charge in [-0.2, -0.15) is 5.10 Å². The minimum atomic E-state index is -0.400. The van der Waals surface area contributed by atoms with Gasteiger partial charge in [0.25, 0.3) is 0 Å². The summed E-state index contributed by atoms with van der Waals surface area (Å²) in [5.74, 6) is 0.952. The number of rotatable bonds is 4. The molecule has 20 heavy (non-hydrogen) atoms. The van der Waals surface area contributed by atoms with Crippen molar-refractivity contribution in [1.29, 1.82) is 0 Å². The topological polar surface area (TPSA) is 62.3 Å². The van der Waals surface area contributed by atoms with E-state index in [0.717, 1.165) is 12.8 Å². The molecule has 0 amide bonds. The molecule has 0 atom stereocenters. The number of ether oxygens (including phenoxy) is 2. The summed E-state index contributed by atoms with van der Waals surface area (Å²) in [5.41, 5.74) is 7.18. The number of nitrogens with two attached hydrogens (primary N) is 1. The van der Waals surface area contributed by atoms with E-state index in [1.165, 1.54) is 23.9 Å². The summed E-state index contributed by atoms with van der Waals surface area (Å²) in [5, 5.41) is 4.09. The molecule has 1 aromatic carbocycles. The molecule has 1 saturated carbocycles. The van der Waals surface area contributed by atoms with Gasteiger partial charge in [-0.3, -0.25) is 4.68 Å². The van der Waals surface area contributed by atoms with Gasteiger partial charge in [-0.05, 0) is 18.9 Å². The second kappa shape index (κ2) is 4.70. The van der Waals surface area contributed by atoms with Gasteiger partial charge in [0.2, 0.25) is 0 Å². The van der Waals surface area contributed by atoms with Crippen LogP contribution in [0.2, 0.25) is 0 Å². The highest BCUT2D eigenvalue weighted by Crippen LogP contribution is 2.43. The van der Waals surface area contributed by atoms with Crippen molar-refractivity contribution in [3.05, 3.63) is 24.1 Å². The Morgan fingerprint density at radius 1 is 1.35 bits per heavy atom. The summed E-state index contributed by atoms with van der Waals surface area (Å²) in [7, 11) is 3.22. The van der Waals surface area contributed by atoms with Crippen LogP contribution in [0.3, 0.4) is 0 Å². The molecule has 3 rings (SSSR count). The molecule has 0 aliphatic heterocycles. The molecule has 2 N–H and O–H groups in total. The van der Waals surface area contributed by atoms with Crippen molar-refractivity contribution in [3.8, 4) is 22.6 Å². The van der Waals surface area contributed by atoms with Crippen LogP contribution in [0.4, 0.5) is 10.2 Å². The SMILES string of the molecule is COc1cc(F)cc(-c2cnn(C)c2N)c1OC1CC1. The molecule has 0 saturated heterocycles. The van der Waals surface area contributed by atoms with Gasteiger partial charge in [0, 0.05) is 24.2 Å². The van der Waals surface area contributed by atoms with E-state index in [0.29, 0.717) is 28.4 Å². The molecule has 1 aliphatic carbocycles. The maximum absolute atomic E-state index is 13.8. The van der Waals surface area contributed by atoms with Crippen molar-refractivity contribution in [2.24, 2.45) is 7.05 Å². The minimum absolute atomic E-state index is 0.172. The van der Waals surface area contributed by atoms with Crippen molar-refractivity contribution in [1.82, 2.24) is 9.78 Å². The molecule has 6 heteroatoms. The van der Waals surface area contributed by atoms with Crippen LogP contribution in [-0.2, 0) is 7.05 Å². The van der Waals surface area contributed by atoms with Crippen LogP contribution in [0.15, 0.2) is 18.3 Å². The summed E-state index contributed by atoms with van der Waals surface area (Å²) in [6.07, 6.45) is 3.78. The third-order valence-electron chi connectivity index (χ3n) is 3.32. The van der Waals surface area contributed by atoms with Gasteiger partial charge in [-0.15, -0.1) is 0 Å². The number of hydrogen-bond donors (Lipinski definition) is 1. The van der Waals surface area contributed by atoms with Crippen LogP contribution in [0, 0.1) is 5.82 Å². The first-order valence-electron chi connectivity index (χ1n) is 6.42. The van der Waals surface area contributed by atoms with Gasteiger partial charge in [-0.25, -0.2) is 4.39 Å². The standard InChI is InChI=1S/C14H16FN3O2/c1-18-14(16)11(7-17-18)10-5-8(15)6-12(19-2)13(10)20-9-3-4-9/h5-7,9H,3-4,16H2,1-2H3. The van der Waals surface area contributed by atoms with E-state index in [2.05, 4.69) is 5.10 Å². The predicted octanol–water partition coefficient (Wildman–Crippen LogP) is 2.36. The predicted molar refractivity (Wildman–Crippen MR) is 73.2 cm³/mol. The van der Waals surface area contributed by atoms with Gasteiger partial charge in [-0.1, -0.05) is 0 Å². The Balaban J connectivity index is 2.16. The minimum Gasteiger partial charge on any atom is -0.493 e. The highest BCUT2D eigenvalue weighted by molar-refractivity contribution is 5.80. The summed E-state index contributed by atoms with van der Waals surface area (Å²) in [6, 6.07) is 2.71. The first kappa shape index (κ1) is 12.8. The maximum atomic E-state index is 13.8. The quantitative estimate of drug-likeness (QED) is 0.932. The number of methoxy groups -OCH3 is 1. The summed E-state index contributed by atoms with van der Waals surface area (Å²) < 4.78 is 26.4. The Morgan fingerprint density at radius 3 is 2.65 bits per heavy atom. The van der Waals surface area contributed by atoms with E-state index in [4.69, 9.17) is 15.2 Å². The van der Waals surface area contributed by atoms with Crippen LogP contribution in [0.5, 0.6) is 11.5 Å². The molecule has 0 bridgehead atoms. The average molecular weight is 277 g/mol. The second-order valence-corrected chi connectivity index (χ2v) is 4.87. The number of anilines is 1. The summed E-state index contributed by atoms with van der Waals surface area (Å²) in [4.78, 5) is 0. The normalized spacial score (nSPS) is 14.3. The smallest absolute Gasteiger partial charge is 0.169 e. The lowest BCUT2D eigenvalue weighted by molar-refractivity contribution is 0.282. The maximum Gasteiger partial charge on any atom is 0.169 e. The fraction of sp³-hybridized carbons (Fsp3) is 0.357. The van der Waals surface area contributed by atoms with Crippen molar-refractivity contribution in [2.75, 3.05) is 12.8 Å². The monoisotopic (exact) mass is 277 g/mol. The number of aromatic nitrogens is 2. The largest absolute Gasteiger partial charge is 0.493 e. The lowest BCUT2D eigenvalue weighted by Crippen LogP contribution is -2.03. The Hall–Kier alpha value is -2.24. The van der Waals surface area contributed by atoms with Crippen molar-refractivity contribution in [3.63, 3.8) is 0 Å². The molecule has 0 spiro atoms. The van der Waals surface area contributed by atoms with Crippen LogP contribution in [-0.4, -0.2) is 23.0 Å². The Labute approximate surface area is 116 Å². The number of nitrogen functional groups attached to an aromatic ring is 1. The number of nitrogens with zero attached hydrogens (tertiary/aromatic N) is 2. The van der Waals surface area contributed by atoms with Gasteiger partial charge in [0.15, 0.2) is 11.5 Å². The highest BCUT2D eigenvalue weighted by Gasteiger charge is 2.28. The van der Waals surface area contributed by atoms with Crippen molar-refractivity contribution >= 4 is 5.82 Å². The van der Waals surface area contributed by atoms with E-state index in [-0.39, 0.29) is 6.10 Å². The van der Waals surface area contributed by atoms with Crippen LogP contribution < -0.4 is 15.2 Å². The Morgan fingerprint density at radius 2 is 2.10 bits per heavy atom. The molecule has 5 nitrogen and oxygen atoms in total. The molecular formula is C14H16FN3O2. The van der Waals surface area contributed by atoms with Gasteiger partial charge in [0.05, 0.1) is 19.4 Å². The molecule has 106 valence electrons. The lowest BCUT2D eigenvalue weighted by atomic mass is 10.1. The van der Waals surface area contributed by atoms with E-state index in [9.17, 15) is 4.39 Å². The lowest BCUT2D eigenvalue weighted by Gasteiger charge is -2.15. The molecule has 1 aliphatic rings. The molecule has 1 heterocycles. The van der Waals surface area contributed by atoms with Gasteiger partial charge >= 0.3 is 0 Å². The van der Waals surface area contributed by atoms with Crippen LogP contribution >= 0.6 is 0 Å². The van der Waals surface area contributed by atoms with Gasteiger partial charge in [0.1, 0.15) is 11.6 Å². The van der Waals surface area contributed by atoms with Crippen molar-refractivity contribution in [2.45, 2.75) is 18.9 Å². The van der Waals surface area contributed by atoms with Crippen LogP contribution in [0.25, 0.3) is 11.1 Å². The zero-order chi connectivity index (χ0) is 14.3. The Kier molecular flexibility index (Phi) is 3.00. The molecule has 2 aromatic rings. The van der Waals surface area contributed by atoms with E-state index < -0.39 is 5.82 Å². The van der Waals surface area contributed by atoms with E-state index >= 15 is 0 Å². The van der Waals surface area contributed by atoms with Gasteiger partial charge < -0.3 is 15.2 Å². The number of benzene rings is 1. The zero-order valence-corrected chi connectivity index (χ0v) is 11.4. The fourth-order valence-electron chi connectivity index (χ4n) is 2.05.